The number of rotatable bonds is 2. The first-order valence-corrected chi connectivity index (χ1v) is 6.09. The molecule has 0 bridgehead atoms. The Kier molecular flexibility index (Phi) is 5.20. The van der Waals surface area contributed by atoms with Gasteiger partial charge < -0.3 is 10.1 Å². The Labute approximate surface area is 114 Å². The molecule has 0 fully saturated rings. The second kappa shape index (κ2) is 6.65. The second-order valence-electron chi connectivity index (χ2n) is 4.99. The molecule has 3 heteroatoms. The number of hydrogen-bond acceptors (Lipinski definition) is 2. The molecular weight excluding hydrogens is 238 g/mol. The van der Waals surface area contributed by atoms with Crippen LogP contribution < -0.4 is 5.32 Å². The van der Waals surface area contributed by atoms with Gasteiger partial charge in [-0.25, -0.2) is 4.79 Å². The molecule has 1 N–H and O–H groups in total. The number of carbonyl (C=O) groups excluding carboxylic acids is 1. The molecular formula is C16H19NO2. The zero-order chi connectivity index (χ0) is 14.3. The van der Waals surface area contributed by atoms with E-state index in [-0.39, 0.29) is 6.54 Å². The fourth-order valence-corrected chi connectivity index (χ4v) is 1.32. The summed E-state index contributed by atoms with van der Waals surface area (Å²) in [7, 11) is 0. The second-order valence-corrected chi connectivity index (χ2v) is 4.99. The third-order valence-corrected chi connectivity index (χ3v) is 2.08. The Balaban J connectivity index is 2.47. The minimum Gasteiger partial charge on any atom is -0.444 e. The predicted molar refractivity (Wildman–Crippen MR) is 77.6 cm³/mol. The molecule has 1 aromatic rings. The van der Waals surface area contributed by atoms with Crippen molar-refractivity contribution in [2.75, 3.05) is 6.54 Å². The van der Waals surface area contributed by atoms with Crippen molar-refractivity contribution in [3.63, 3.8) is 0 Å². The largest absolute Gasteiger partial charge is 0.444 e. The fourth-order valence-electron chi connectivity index (χ4n) is 1.32. The van der Waals surface area contributed by atoms with Gasteiger partial charge in [-0.2, -0.15) is 0 Å². The van der Waals surface area contributed by atoms with Crippen molar-refractivity contribution in [2.24, 2.45) is 0 Å². The molecule has 3 nitrogen and oxygen atoms in total. The summed E-state index contributed by atoms with van der Waals surface area (Å²) < 4.78 is 5.10. The van der Waals surface area contributed by atoms with Crippen LogP contribution in [0.15, 0.2) is 30.8 Å². The molecule has 19 heavy (non-hydrogen) atoms. The molecule has 0 aliphatic rings. The highest BCUT2D eigenvalue weighted by Gasteiger charge is 2.14. The molecule has 0 atom stereocenters. The van der Waals surface area contributed by atoms with E-state index in [1.807, 2.05) is 45.0 Å². The predicted octanol–water partition coefficient (Wildman–Crippen LogP) is 3.21. The summed E-state index contributed by atoms with van der Waals surface area (Å²) in [6.45, 7) is 9.42. The van der Waals surface area contributed by atoms with Crippen molar-refractivity contribution >= 4 is 12.2 Å². The van der Waals surface area contributed by atoms with Gasteiger partial charge in [-0.1, -0.05) is 36.6 Å². The molecule has 0 spiro atoms. The van der Waals surface area contributed by atoms with Gasteiger partial charge in [-0.05, 0) is 38.5 Å². The lowest BCUT2D eigenvalue weighted by Gasteiger charge is -2.18. The van der Waals surface area contributed by atoms with Gasteiger partial charge in [0.25, 0.3) is 0 Å². The van der Waals surface area contributed by atoms with E-state index in [4.69, 9.17) is 4.74 Å². The summed E-state index contributed by atoms with van der Waals surface area (Å²) in [6, 6.07) is 7.72. The lowest BCUT2D eigenvalue weighted by atomic mass is 10.1. The van der Waals surface area contributed by atoms with Gasteiger partial charge >= 0.3 is 6.09 Å². The van der Waals surface area contributed by atoms with E-state index in [1.165, 1.54) is 0 Å². The van der Waals surface area contributed by atoms with E-state index >= 15 is 0 Å². The number of benzene rings is 1. The number of carbonyl (C=O) groups is 1. The molecule has 1 amide bonds. The van der Waals surface area contributed by atoms with Crippen LogP contribution in [0.1, 0.15) is 31.9 Å². The number of alkyl carbamates (subject to hydrolysis) is 1. The molecule has 0 saturated carbocycles. The van der Waals surface area contributed by atoms with Crippen molar-refractivity contribution in [1.82, 2.24) is 5.32 Å². The van der Waals surface area contributed by atoms with Crippen molar-refractivity contribution in [3.8, 4) is 11.8 Å². The van der Waals surface area contributed by atoms with Crippen LogP contribution >= 0.6 is 0 Å². The molecule has 1 aromatic carbocycles. The third-order valence-electron chi connectivity index (χ3n) is 2.08. The SMILES string of the molecule is C=Cc1cccc(C#CCNC(=O)OC(C)(C)C)c1. The van der Waals surface area contributed by atoms with E-state index in [0.29, 0.717) is 0 Å². The minimum atomic E-state index is -0.490. The summed E-state index contributed by atoms with van der Waals surface area (Å²) in [6.07, 6.45) is 1.31. The van der Waals surface area contributed by atoms with Crippen LogP contribution in [0.2, 0.25) is 0 Å². The molecule has 0 unspecified atom stereocenters. The van der Waals surface area contributed by atoms with Gasteiger partial charge in [0.15, 0.2) is 0 Å². The first-order chi connectivity index (χ1) is 8.90. The zero-order valence-electron chi connectivity index (χ0n) is 11.6. The number of nitrogens with one attached hydrogen (secondary N) is 1. The molecule has 1 rings (SSSR count). The number of ether oxygens (including phenoxy) is 1. The highest BCUT2D eigenvalue weighted by molar-refractivity contribution is 5.68. The average molecular weight is 257 g/mol. The van der Waals surface area contributed by atoms with Crippen LogP contribution in [0.5, 0.6) is 0 Å². The van der Waals surface area contributed by atoms with E-state index in [2.05, 4.69) is 23.7 Å². The van der Waals surface area contributed by atoms with Crippen molar-refractivity contribution < 1.29 is 9.53 Å². The van der Waals surface area contributed by atoms with Crippen LogP contribution in [-0.2, 0) is 4.74 Å². The van der Waals surface area contributed by atoms with Crippen molar-refractivity contribution in [1.29, 1.82) is 0 Å². The van der Waals surface area contributed by atoms with Gasteiger partial charge in [0.1, 0.15) is 5.60 Å². The summed E-state index contributed by atoms with van der Waals surface area (Å²) >= 11 is 0. The van der Waals surface area contributed by atoms with Crippen LogP contribution in [0.4, 0.5) is 4.79 Å². The first kappa shape index (κ1) is 14.8. The summed E-state index contributed by atoms with van der Waals surface area (Å²) in [5.41, 5.74) is 1.42. The topological polar surface area (TPSA) is 38.3 Å². The zero-order valence-corrected chi connectivity index (χ0v) is 11.6. The first-order valence-electron chi connectivity index (χ1n) is 6.09. The smallest absolute Gasteiger partial charge is 0.408 e. The maximum absolute atomic E-state index is 11.4. The van der Waals surface area contributed by atoms with E-state index in [0.717, 1.165) is 11.1 Å². The molecule has 100 valence electrons. The molecule has 0 aromatic heterocycles. The lowest BCUT2D eigenvalue weighted by Crippen LogP contribution is -2.32. The van der Waals surface area contributed by atoms with E-state index < -0.39 is 11.7 Å². The van der Waals surface area contributed by atoms with Gasteiger partial charge in [-0.15, -0.1) is 0 Å². The van der Waals surface area contributed by atoms with Gasteiger partial charge in [-0.3, -0.25) is 0 Å². The Bertz CT molecular complexity index is 516. The molecule has 0 saturated heterocycles. The quantitative estimate of drug-likeness (QED) is 0.826. The monoisotopic (exact) mass is 257 g/mol. The summed E-state index contributed by atoms with van der Waals surface area (Å²) in [5, 5.41) is 2.58. The Hall–Kier alpha value is -2.21. The lowest BCUT2D eigenvalue weighted by molar-refractivity contribution is 0.0535. The fraction of sp³-hybridized carbons (Fsp3) is 0.312. The molecule has 0 heterocycles. The third kappa shape index (κ3) is 6.32. The molecule has 0 aliphatic heterocycles. The Morgan fingerprint density at radius 1 is 1.47 bits per heavy atom. The maximum atomic E-state index is 11.4. The standard InChI is InChI=1S/C16H19NO2/c1-5-13-8-6-9-14(12-13)10-7-11-17-15(18)19-16(2,3)4/h5-6,8-9,12H,1,11H2,2-4H3,(H,17,18). The Morgan fingerprint density at radius 3 is 2.84 bits per heavy atom. The van der Waals surface area contributed by atoms with E-state index in [1.54, 1.807) is 6.08 Å². The van der Waals surface area contributed by atoms with Crippen LogP contribution in [-0.4, -0.2) is 18.2 Å². The molecule has 0 aliphatic carbocycles. The van der Waals surface area contributed by atoms with Crippen LogP contribution in [0.3, 0.4) is 0 Å². The number of hydrogen-bond donors (Lipinski definition) is 1. The highest BCUT2D eigenvalue weighted by Crippen LogP contribution is 2.06. The average Bonchev–Trinajstić information content (AvgIpc) is 2.33. The minimum absolute atomic E-state index is 0.257. The van der Waals surface area contributed by atoms with Crippen molar-refractivity contribution in [2.45, 2.75) is 26.4 Å². The van der Waals surface area contributed by atoms with Crippen LogP contribution in [0, 0.1) is 11.8 Å². The van der Waals surface area contributed by atoms with Gasteiger partial charge in [0.05, 0.1) is 6.54 Å². The summed E-state index contributed by atoms with van der Waals surface area (Å²) in [4.78, 5) is 11.4. The van der Waals surface area contributed by atoms with Crippen LogP contribution in [0.25, 0.3) is 6.08 Å². The normalized spacial score (nSPS) is 10.1. The Morgan fingerprint density at radius 2 is 2.21 bits per heavy atom. The summed E-state index contributed by atoms with van der Waals surface area (Å²) in [5.74, 6) is 5.84. The van der Waals surface area contributed by atoms with E-state index in [9.17, 15) is 4.79 Å². The molecule has 0 radical (unpaired) electrons. The van der Waals surface area contributed by atoms with Gasteiger partial charge in [0, 0.05) is 5.56 Å². The van der Waals surface area contributed by atoms with Crippen molar-refractivity contribution in [3.05, 3.63) is 42.0 Å². The highest BCUT2D eigenvalue weighted by atomic mass is 16.6. The maximum Gasteiger partial charge on any atom is 0.408 e. The van der Waals surface area contributed by atoms with Gasteiger partial charge in [0.2, 0.25) is 0 Å². The number of amides is 1.